The molecular weight excluding hydrogens is 275 g/mol. The Morgan fingerprint density at radius 1 is 1.21 bits per heavy atom. The molecule has 0 saturated carbocycles. The zero-order valence-corrected chi connectivity index (χ0v) is 10.7. The third-order valence-electron chi connectivity index (χ3n) is 2.55. The van der Waals surface area contributed by atoms with E-state index in [2.05, 4.69) is 5.32 Å². The number of carbonyl (C=O) groups is 1. The Morgan fingerprint density at radius 3 is 2.47 bits per heavy atom. The fourth-order valence-electron chi connectivity index (χ4n) is 1.62. The van der Waals surface area contributed by atoms with Crippen molar-refractivity contribution in [1.82, 2.24) is 0 Å². The highest BCUT2D eigenvalue weighted by Gasteiger charge is 2.33. The van der Waals surface area contributed by atoms with Crippen molar-refractivity contribution in [1.29, 1.82) is 0 Å². The number of rotatable bonds is 2. The van der Waals surface area contributed by atoms with Crippen molar-refractivity contribution >= 4 is 22.9 Å². The average Bonchev–Trinajstić information content (AvgIpc) is 2.75. The molecule has 1 N–H and O–H groups in total. The Balaban J connectivity index is 2.30. The molecule has 2 rings (SSSR count). The number of hydrogen-bond donors (Lipinski definition) is 1. The second-order valence-electron chi connectivity index (χ2n) is 3.93. The van der Waals surface area contributed by atoms with E-state index in [0.29, 0.717) is 4.88 Å². The molecule has 1 aromatic heterocycles. The van der Waals surface area contributed by atoms with Gasteiger partial charge in [0.2, 0.25) is 0 Å². The second kappa shape index (κ2) is 5.05. The molecule has 1 heterocycles. The van der Waals surface area contributed by atoms with Crippen LogP contribution in [0.25, 0.3) is 0 Å². The molecule has 0 radical (unpaired) electrons. The molecule has 1 amide bonds. The first kappa shape index (κ1) is 13.6. The van der Waals surface area contributed by atoms with Crippen molar-refractivity contribution in [2.24, 2.45) is 0 Å². The molecule has 0 aliphatic carbocycles. The van der Waals surface area contributed by atoms with Crippen LogP contribution < -0.4 is 5.32 Å². The minimum Gasteiger partial charge on any atom is -0.321 e. The van der Waals surface area contributed by atoms with Crippen LogP contribution in [0.4, 0.5) is 18.9 Å². The van der Waals surface area contributed by atoms with Crippen molar-refractivity contribution in [3.63, 3.8) is 0 Å². The second-order valence-corrected chi connectivity index (χ2v) is 4.85. The van der Waals surface area contributed by atoms with Gasteiger partial charge in [-0.15, -0.1) is 11.3 Å². The third-order valence-corrected chi connectivity index (χ3v) is 3.56. The number of aryl methyl sites for hydroxylation is 1. The summed E-state index contributed by atoms with van der Waals surface area (Å²) in [6, 6.07) is 6.66. The molecule has 0 atom stereocenters. The van der Waals surface area contributed by atoms with Crippen molar-refractivity contribution < 1.29 is 18.0 Å². The van der Waals surface area contributed by atoms with Crippen molar-refractivity contribution in [2.45, 2.75) is 13.1 Å². The van der Waals surface area contributed by atoms with E-state index in [4.69, 9.17) is 0 Å². The molecule has 0 aliphatic rings. The number of hydrogen-bond acceptors (Lipinski definition) is 2. The Hall–Kier alpha value is -1.82. The molecular formula is C13H10F3NOS. The highest BCUT2D eigenvalue weighted by Crippen LogP contribution is 2.34. The molecule has 0 unspecified atom stereocenters. The number of thiophene rings is 1. The summed E-state index contributed by atoms with van der Waals surface area (Å²) in [6.45, 7) is 1.74. The molecule has 19 heavy (non-hydrogen) atoms. The van der Waals surface area contributed by atoms with E-state index in [-0.39, 0.29) is 5.69 Å². The number of carbonyl (C=O) groups excluding carboxylic acids is 1. The number of benzene rings is 1. The van der Waals surface area contributed by atoms with E-state index in [0.717, 1.165) is 11.6 Å². The maximum absolute atomic E-state index is 12.8. The highest BCUT2D eigenvalue weighted by molar-refractivity contribution is 7.12. The van der Waals surface area contributed by atoms with Gasteiger partial charge in [-0.1, -0.05) is 12.1 Å². The summed E-state index contributed by atoms with van der Waals surface area (Å²) in [5.74, 6) is -0.524. The van der Waals surface area contributed by atoms with Crippen LogP contribution in [-0.2, 0) is 6.18 Å². The first-order valence-electron chi connectivity index (χ1n) is 5.41. The first-order chi connectivity index (χ1) is 8.89. The molecule has 6 heteroatoms. The fraction of sp³-hybridized carbons (Fsp3) is 0.154. The Morgan fingerprint density at radius 2 is 1.89 bits per heavy atom. The van der Waals surface area contributed by atoms with Gasteiger partial charge >= 0.3 is 6.18 Å². The van der Waals surface area contributed by atoms with E-state index in [9.17, 15) is 18.0 Å². The zero-order chi connectivity index (χ0) is 14.0. The van der Waals surface area contributed by atoms with Crippen LogP contribution in [0, 0.1) is 6.92 Å². The summed E-state index contributed by atoms with van der Waals surface area (Å²) >= 11 is 1.20. The lowest BCUT2D eigenvalue weighted by atomic mass is 10.1. The van der Waals surface area contributed by atoms with E-state index in [1.807, 2.05) is 0 Å². The number of para-hydroxylation sites is 1. The van der Waals surface area contributed by atoms with Gasteiger partial charge in [-0.3, -0.25) is 4.79 Å². The molecule has 100 valence electrons. The van der Waals surface area contributed by atoms with Crippen LogP contribution in [0.2, 0.25) is 0 Å². The largest absolute Gasteiger partial charge is 0.418 e. The number of nitrogens with one attached hydrogen (secondary N) is 1. The van der Waals surface area contributed by atoms with Crippen molar-refractivity contribution in [2.75, 3.05) is 5.32 Å². The molecule has 0 fully saturated rings. The molecule has 1 aromatic carbocycles. The van der Waals surface area contributed by atoms with Gasteiger partial charge in [0.05, 0.1) is 16.1 Å². The van der Waals surface area contributed by atoms with E-state index < -0.39 is 17.6 Å². The van der Waals surface area contributed by atoms with Crippen LogP contribution in [-0.4, -0.2) is 5.91 Å². The number of amides is 1. The lowest BCUT2D eigenvalue weighted by molar-refractivity contribution is -0.136. The summed E-state index contributed by atoms with van der Waals surface area (Å²) in [4.78, 5) is 12.3. The predicted octanol–water partition coefficient (Wildman–Crippen LogP) is 4.33. The lowest BCUT2D eigenvalue weighted by Crippen LogP contribution is -2.16. The van der Waals surface area contributed by atoms with Crippen LogP contribution in [0.1, 0.15) is 20.8 Å². The average molecular weight is 285 g/mol. The van der Waals surface area contributed by atoms with Crippen LogP contribution in [0.3, 0.4) is 0 Å². The molecule has 2 aromatic rings. The summed E-state index contributed by atoms with van der Waals surface area (Å²) < 4.78 is 38.3. The SMILES string of the molecule is Cc1ccsc1C(=O)Nc1ccccc1C(F)(F)F. The zero-order valence-electron chi connectivity index (χ0n) is 9.91. The van der Waals surface area contributed by atoms with Gasteiger partial charge in [0.25, 0.3) is 5.91 Å². The molecule has 2 nitrogen and oxygen atoms in total. The molecule has 0 spiro atoms. The minimum atomic E-state index is -4.49. The van der Waals surface area contributed by atoms with Gasteiger partial charge in [-0.05, 0) is 36.1 Å². The minimum absolute atomic E-state index is 0.229. The first-order valence-corrected chi connectivity index (χ1v) is 6.29. The fourth-order valence-corrected chi connectivity index (χ4v) is 2.44. The third kappa shape index (κ3) is 2.96. The van der Waals surface area contributed by atoms with Crippen LogP contribution in [0.15, 0.2) is 35.7 Å². The lowest BCUT2D eigenvalue weighted by Gasteiger charge is -2.13. The Labute approximate surface area is 111 Å². The van der Waals surface area contributed by atoms with E-state index in [1.165, 1.54) is 29.5 Å². The smallest absolute Gasteiger partial charge is 0.321 e. The standard InChI is InChI=1S/C13H10F3NOS/c1-8-6-7-19-11(8)12(18)17-10-5-3-2-4-9(10)13(14,15)16/h2-7H,1H3,(H,17,18). The monoisotopic (exact) mass is 285 g/mol. The normalized spacial score (nSPS) is 11.4. The summed E-state index contributed by atoms with van der Waals surface area (Å²) in [6.07, 6.45) is -4.49. The van der Waals surface area contributed by atoms with Crippen LogP contribution in [0.5, 0.6) is 0 Å². The van der Waals surface area contributed by atoms with Gasteiger partial charge in [-0.25, -0.2) is 0 Å². The van der Waals surface area contributed by atoms with Gasteiger partial charge in [-0.2, -0.15) is 13.2 Å². The molecule has 0 saturated heterocycles. The quantitative estimate of drug-likeness (QED) is 0.874. The van der Waals surface area contributed by atoms with Gasteiger partial charge in [0.1, 0.15) is 0 Å². The topological polar surface area (TPSA) is 29.1 Å². The maximum Gasteiger partial charge on any atom is 0.418 e. The Bertz CT molecular complexity index is 604. The Kier molecular flexibility index (Phi) is 3.61. The van der Waals surface area contributed by atoms with Crippen molar-refractivity contribution in [3.05, 3.63) is 51.7 Å². The van der Waals surface area contributed by atoms with Gasteiger partial charge < -0.3 is 5.32 Å². The maximum atomic E-state index is 12.8. The van der Waals surface area contributed by atoms with Crippen molar-refractivity contribution in [3.8, 4) is 0 Å². The summed E-state index contributed by atoms with van der Waals surface area (Å²) in [5.41, 5.74) is -0.336. The number of alkyl halides is 3. The summed E-state index contributed by atoms with van der Waals surface area (Å²) in [5, 5.41) is 4.03. The van der Waals surface area contributed by atoms with Gasteiger partial charge in [0.15, 0.2) is 0 Å². The molecule has 0 bridgehead atoms. The van der Waals surface area contributed by atoms with Crippen LogP contribution >= 0.6 is 11.3 Å². The summed E-state index contributed by atoms with van der Waals surface area (Å²) in [7, 11) is 0. The van der Waals surface area contributed by atoms with Gasteiger partial charge in [0, 0.05) is 0 Å². The number of anilines is 1. The molecule has 0 aliphatic heterocycles. The van der Waals surface area contributed by atoms with E-state index in [1.54, 1.807) is 18.4 Å². The highest BCUT2D eigenvalue weighted by atomic mass is 32.1. The predicted molar refractivity (Wildman–Crippen MR) is 68.5 cm³/mol. The van der Waals surface area contributed by atoms with E-state index >= 15 is 0 Å². The number of halogens is 3.